The van der Waals surface area contributed by atoms with Gasteiger partial charge in [0.25, 0.3) is 5.91 Å². The Hall–Kier alpha value is -3.40. The summed E-state index contributed by atoms with van der Waals surface area (Å²) in [5, 5.41) is 4.69. The largest absolute Gasteiger partial charge is 0.378 e. The first kappa shape index (κ1) is 23.0. The Kier molecular flexibility index (Phi) is 5.70. The second-order valence-corrected chi connectivity index (χ2v) is 9.64. The lowest BCUT2D eigenvalue weighted by Gasteiger charge is -2.45. The molecule has 6 rings (SSSR count). The van der Waals surface area contributed by atoms with Crippen molar-refractivity contribution in [3.8, 4) is 11.3 Å². The van der Waals surface area contributed by atoms with Gasteiger partial charge in [-0.05, 0) is 43.9 Å². The zero-order chi connectivity index (χ0) is 25.0. The molecule has 2 atom stereocenters. The summed E-state index contributed by atoms with van der Waals surface area (Å²) >= 11 is 0. The van der Waals surface area contributed by atoms with Crippen LogP contribution in [-0.2, 0) is 18.2 Å². The molecule has 3 aliphatic heterocycles. The molecular formula is C26H26F3N5O2. The molecule has 188 valence electrons. The predicted octanol–water partition coefficient (Wildman–Crippen LogP) is 4.03. The summed E-state index contributed by atoms with van der Waals surface area (Å²) in [7, 11) is 1.71. The third-order valence-corrected chi connectivity index (χ3v) is 7.51. The van der Waals surface area contributed by atoms with E-state index < -0.39 is 17.5 Å². The monoisotopic (exact) mass is 497 g/mol. The van der Waals surface area contributed by atoms with Crippen molar-refractivity contribution in [1.82, 2.24) is 19.7 Å². The van der Waals surface area contributed by atoms with Crippen LogP contribution < -0.4 is 4.90 Å². The molecule has 0 radical (unpaired) electrons. The van der Waals surface area contributed by atoms with Crippen molar-refractivity contribution < 1.29 is 22.7 Å². The molecule has 3 aliphatic rings. The normalized spacial score (nSPS) is 21.4. The van der Waals surface area contributed by atoms with Gasteiger partial charge >= 0.3 is 0 Å². The molecule has 2 aromatic heterocycles. The van der Waals surface area contributed by atoms with Crippen molar-refractivity contribution in [3.05, 3.63) is 64.9 Å². The summed E-state index contributed by atoms with van der Waals surface area (Å²) in [6.45, 7) is 2.78. The van der Waals surface area contributed by atoms with E-state index in [0.29, 0.717) is 30.9 Å². The number of amides is 1. The maximum atomic E-state index is 14.0. The van der Waals surface area contributed by atoms with E-state index in [-0.39, 0.29) is 23.6 Å². The highest BCUT2D eigenvalue weighted by Gasteiger charge is 2.43. The molecule has 0 aliphatic carbocycles. The number of carbonyl (C=O) groups is 1. The standard InChI is InChI=1S/C26H26F3N5O2/c1-32-25(15-10-20(27)23(29)21(28)11-15)19-12-17-3-2-4-22(24(19)31-32)34(17)26(35)16-9-18(14-30-13-16)33-5-7-36-8-6-33/h9-11,13-14,17,22H,2-8,12H2,1H3. The van der Waals surface area contributed by atoms with Crippen LogP contribution >= 0.6 is 0 Å². The number of pyridine rings is 1. The van der Waals surface area contributed by atoms with Crippen LogP contribution in [0, 0.1) is 17.5 Å². The first-order valence-electron chi connectivity index (χ1n) is 12.2. The van der Waals surface area contributed by atoms with Gasteiger partial charge in [0.15, 0.2) is 17.5 Å². The van der Waals surface area contributed by atoms with Crippen LogP contribution in [0.15, 0.2) is 30.6 Å². The number of carbonyl (C=O) groups excluding carboxylic acids is 1. The number of piperidine rings is 1. The quantitative estimate of drug-likeness (QED) is 0.512. The number of ether oxygens (including phenoxy) is 1. The predicted molar refractivity (Wildman–Crippen MR) is 126 cm³/mol. The number of nitrogens with zero attached hydrogens (tertiary/aromatic N) is 5. The van der Waals surface area contributed by atoms with Crippen molar-refractivity contribution in [3.63, 3.8) is 0 Å². The van der Waals surface area contributed by atoms with E-state index in [1.165, 1.54) is 0 Å². The van der Waals surface area contributed by atoms with Crippen molar-refractivity contribution in [2.75, 3.05) is 31.2 Å². The molecule has 5 heterocycles. The molecule has 2 bridgehead atoms. The lowest BCUT2D eigenvalue weighted by Crippen LogP contribution is -2.50. The van der Waals surface area contributed by atoms with Gasteiger partial charge in [-0.15, -0.1) is 0 Å². The van der Waals surface area contributed by atoms with E-state index in [1.807, 2.05) is 11.0 Å². The van der Waals surface area contributed by atoms with Crippen LogP contribution in [0.25, 0.3) is 11.3 Å². The fraction of sp³-hybridized carbons (Fsp3) is 0.423. The highest BCUT2D eigenvalue weighted by Crippen LogP contribution is 2.45. The van der Waals surface area contributed by atoms with Gasteiger partial charge in [0, 0.05) is 43.5 Å². The minimum atomic E-state index is -1.49. The third kappa shape index (κ3) is 3.75. The summed E-state index contributed by atoms with van der Waals surface area (Å²) < 4.78 is 48.7. The third-order valence-electron chi connectivity index (χ3n) is 7.51. The van der Waals surface area contributed by atoms with E-state index in [9.17, 15) is 18.0 Å². The average Bonchev–Trinajstić information content (AvgIpc) is 3.22. The molecular weight excluding hydrogens is 471 g/mol. The highest BCUT2D eigenvalue weighted by atomic mass is 19.2. The molecule has 1 aromatic carbocycles. The number of benzene rings is 1. The Morgan fingerprint density at radius 2 is 1.81 bits per heavy atom. The van der Waals surface area contributed by atoms with E-state index in [0.717, 1.165) is 61.4 Å². The van der Waals surface area contributed by atoms with Crippen LogP contribution in [0.2, 0.25) is 0 Å². The lowest BCUT2D eigenvalue weighted by molar-refractivity contribution is 0.0391. The Bertz CT molecular complexity index is 1310. The molecule has 36 heavy (non-hydrogen) atoms. The van der Waals surface area contributed by atoms with Crippen molar-refractivity contribution in [2.24, 2.45) is 7.05 Å². The van der Waals surface area contributed by atoms with Crippen LogP contribution in [0.1, 0.15) is 46.9 Å². The number of aromatic nitrogens is 3. The summed E-state index contributed by atoms with van der Waals surface area (Å²) in [4.78, 5) is 22.2. The van der Waals surface area contributed by atoms with Gasteiger partial charge in [0.1, 0.15) is 0 Å². The molecule has 2 saturated heterocycles. The van der Waals surface area contributed by atoms with E-state index in [1.54, 1.807) is 24.1 Å². The number of hydrogen-bond acceptors (Lipinski definition) is 5. The Morgan fingerprint density at radius 3 is 2.56 bits per heavy atom. The zero-order valence-corrected chi connectivity index (χ0v) is 19.9. The molecule has 2 unspecified atom stereocenters. The lowest BCUT2D eigenvalue weighted by atomic mass is 9.81. The van der Waals surface area contributed by atoms with Gasteiger partial charge in [-0.2, -0.15) is 5.10 Å². The molecule has 0 spiro atoms. The average molecular weight is 498 g/mol. The Labute approximate surface area is 206 Å². The summed E-state index contributed by atoms with van der Waals surface area (Å²) in [6, 6.07) is 3.58. The number of fused-ring (bicyclic) bond motifs is 4. The fourth-order valence-corrected chi connectivity index (χ4v) is 5.89. The topological polar surface area (TPSA) is 63.5 Å². The number of hydrogen-bond donors (Lipinski definition) is 0. The number of anilines is 1. The van der Waals surface area contributed by atoms with Gasteiger partial charge in [-0.1, -0.05) is 0 Å². The summed E-state index contributed by atoms with van der Waals surface area (Å²) in [6.07, 6.45) is 6.40. The maximum Gasteiger partial charge on any atom is 0.256 e. The summed E-state index contributed by atoms with van der Waals surface area (Å²) in [5.41, 5.74) is 3.82. The van der Waals surface area contributed by atoms with Crippen LogP contribution in [-0.4, -0.2) is 57.9 Å². The molecule has 0 N–H and O–H groups in total. The van der Waals surface area contributed by atoms with Crippen molar-refractivity contribution >= 4 is 11.6 Å². The summed E-state index contributed by atoms with van der Waals surface area (Å²) in [5.74, 6) is -4.05. The first-order chi connectivity index (χ1) is 17.4. The Balaban J connectivity index is 1.36. The maximum absolute atomic E-state index is 14.0. The Morgan fingerprint density at radius 1 is 1.06 bits per heavy atom. The minimum Gasteiger partial charge on any atom is -0.378 e. The molecule has 1 amide bonds. The highest BCUT2D eigenvalue weighted by molar-refractivity contribution is 5.95. The van der Waals surface area contributed by atoms with Crippen LogP contribution in [0.3, 0.4) is 0 Å². The number of halogens is 3. The van der Waals surface area contributed by atoms with Gasteiger partial charge in [-0.3, -0.25) is 14.5 Å². The SMILES string of the molecule is Cn1nc2c(c1-c1cc(F)c(F)c(F)c1)CC1CCCC2N1C(=O)c1cncc(N2CCOCC2)c1. The van der Waals surface area contributed by atoms with Gasteiger partial charge in [-0.25, -0.2) is 13.2 Å². The number of morpholine rings is 1. The molecule has 2 fully saturated rings. The molecule has 7 nitrogen and oxygen atoms in total. The second-order valence-electron chi connectivity index (χ2n) is 9.64. The minimum absolute atomic E-state index is 0.0751. The zero-order valence-electron chi connectivity index (χ0n) is 19.9. The van der Waals surface area contributed by atoms with Gasteiger partial charge < -0.3 is 14.5 Å². The fourth-order valence-electron chi connectivity index (χ4n) is 5.89. The number of rotatable bonds is 3. The molecule has 3 aromatic rings. The van der Waals surface area contributed by atoms with E-state index in [2.05, 4.69) is 9.88 Å². The second kappa shape index (κ2) is 8.92. The first-order valence-corrected chi connectivity index (χ1v) is 12.2. The van der Waals surface area contributed by atoms with Crippen molar-refractivity contribution in [2.45, 2.75) is 37.8 Å². The smallest absolute Gasteiger partial charge is 0.256 e. The van der Waals surface area contributed by atoms with Crippen molar-refractivity contribution in [1.29, 1.82) is 0 Å². The van der Waals surface area contributed by atoms with E-state index in [4.69, 9.17) is 9.84 Å². The van der Waals surface area contributed by atoms with Gasteiger partial charge in [0.05, 0.1) is 48.1 Å². The van der Waals surface area contributed by atoms with Gasteiger partial charge in [0.2, 0.25) is 0 Å². The molecule has 10 heteroatoms. The van der Waals surface area contributed by atoms with E-state index >= 15 is 0 Å². The van der Waals surface area contributed by atoms with Crippen LogP contribution in [0.5, 0.6) is 0 Å². The molecule has 0 saturated carbocycles. The van der Waals surface area contributed by atoms with Crippen LogP contribution in [0.4, 0.5) is 18.9 Å². The number of aryl methyl sites for hydroxylation is 1.